The fourth-order valence-electron chi connectivity index (χ4n) is 4.74. The fraction of sp³-hybridized carbons (Fsp3) is 0.500. The van der Waals surface area contributed by atoms with Gasteiger partial charge < -0.3 is 4.90 Å². The summed E-state index contributed by atoms with van der Waals surface area (Å²) < 4.78 is 31.4. The van der Waals surface area contributed by atoms with Crippen LogP contribution in [0, 0.1) is 12.8 Å². The summed E-state index contributed by atoms with van der Waals surface area (Å²) in [5, 5.41) is 9.81. The molecule has 0 bridgehead atoms. The topological polar surface area (TPSA) is 115 Å². The molecule has 0 spiro atoms. The molecule has 196 valence electrons. The average Bonchev–Trinajstić information content (AvgIpc) is 3.43. The highest BCUT2D eigenvalue weighted by atomic mass is 32.3. The van der Waals surface area contributed by atoms with Crippen LogP contribution in [0.3, 0.4) is 0 Å². The monoisotopic (exact) mass is 533 g/mol. The molecule has 1 aliphatic rings. The minimum absolute atomic E-state index is 0.0339. The molecule has 4 heterocycles. The first-order chi connectivity index (χ1) is 16.6. The van der Waals surface area contributed by atoms with E-state index in [2.05, 4.69) is 54.3 Å². The van der Waals surface area contributed by atoms with E-state index in [9.17, 15) is 13.2 Å². The van der Waals surface area contributed by atoms with E-state index in [0.717, 1.165) is 11.4 Å². The highest BCUT2D eigenvalue weighted by Gasteiger charge is 2.39. The normalized spacial score (nSPS) is 18.4. The highest BCUT2D eigenvalue weighted by Crippen LogP contribution is 2.44. The van der Waals surface area contributed by atoms with E-state index in [4.69, 9.17) is 10.1 Å². The standard InChI is InChI=1S/C24H35N7O3S2/c1-16-13-24(3,4)30(14-16)22-18(23(32)28-36(33,34)19-15-29(5)26-17(19)2)9-10-20(25-22)31-12-11-21(27-31)35(6,7)8/h9-12,15-16H,13-14H2,1-8H3,(H,28,32)/t16-/m0/s1. The zero-order valence-electron chi connectivity index (χ0n) is 22.1. The molecule has 1 N–H and O–H groups in total. The molecule has 1 fully saturated rings. The molecule has 0 saturated carbocycles. The van der Waals surface area contributed by atoms with Crippen molar-refractivity contribution >= 4 is 31.8 Å². The van der Waals surface area contributed by atoms with Crippen LogP contribution in [0.5, 0.6) is 0 Å². The number of pyridine rings is 1. The molecule has 0 aliphatic carbocycles. The summed E-state index contributed by atoms with van der Waals surface area (Å²) >= 11 is 0. The van der Waals surface area contributed by atoms with Crippen LogP contribution in [0.25, 0.3) is 5.82 Å². The number of sulfonamides is 1. The summed E-state index contributed by atoms with van der Waals surface area (Å²) in [4.78, 5) is 20.3. The van der Waals surface area contributed by atoms with E-state index in [1.54, 1.807) is 30.8 Å². The van der Waals surface area contributed by atoms with Crippen molar-refractivity contribution < 1.29 is 13.2 Å². The van der Waals surface area contributed by atoms with Crippen LogP contribution in [-0.4, -0.2) is 69.7 Å². The molecule has 36 heavy (non-hydrogen) atoms. The molecule has 1 atom stereocenters. The molecule has 1 amide bonds. The maximum Gasteiger partial charge on any atom is 0.268 e. The lowest BCUT2D eigenvalue weighted by molar-refractivity contribution is 0.0981. The Labute approximate surface area is 214 Å². The minimum atomic E-state index is -4.12. The van der Waals surface area contributed by atoms with Gasteiger partial charge in [-0.2, -0.15) is 10.2 Å². The molecule has 10 nitrogen and oxygen atoms in total. The number of anilines is 1. The number of aryl methyl sites for hydroxylation is 2. The Bertz CT molecular complexity index is 1420. The SMILES string of the molecule is Cc1nn(C)cc1S(=O)(=O)NC(=O)c1ccc(-n2ccc(S(C)(C)C)n2)nc1N1C[C@@H](C)CC1(C)C. The van der Waals surface area contributed by atoms with Gasteiger partial charge in [0.05, 0.1) is 11.3 Å². The number of hydrogen-bond acceptors (Lipinski definition) is 7. The summed E-state index contributed by atoms with van der Waals surface area (Å²) in [6.07, 6.45) is 10.7. The van der Waals surface area contributed by atoms with Crippen molar-refractivity contribution in [2.24, 2.45) is 13.0 Å². The number of nitrogens with one attached hydrogen (secondary N) is 1. The Morgan fingerprint density at radius 2 is 1.83 bits per heavy atom. The van der Waals surface area contributed by atoms with Gasteiger partial charge in [-0.15, -0.1) is 0 Å². The van der Waals surface area contributed by atoms with Crippen molar-refractivity contribution in [3.8, 4) is 5.82 Å². The van der Waals surface area contributed by atoms with Crippen LogP contribution in [0.1, 0.15) is 43.2 Å². The number of rotatable bonds is 6. The second-order valence-corrected chi connectivity index (χ2v) is 16.6. The number of nitrogens with zero attached hydrogens (tertiary/aromatic N) is 6. The van der Waals surface area contributed by atoms with Gasteiger partial charge in [0.2, 0.25) is 0 Å². The Morgan fingerprint density at radius 1 is 1.14 bits per heavy atom. The van der Waals surface area contributed by atoms with Crippen molar-refractivity contribution in [2.45, 2.75) is 49.6 Å². The molecule has 0 unspecified atom stereocenters. The smallest absolute Gasteiger partial charge is 0.268 e. The number of amides is 1. The second kappa shape index (κ2) is 8.91. The Kier molecular flexibility index (Phi) is 6.49. The number of hydrogen-bond donors (Lipinski definition) is 1. The predicted octanol–water partition coefficient (Wildman–Crippen LogP) is 3.11. The first-order valence-electron chi connectivity index (χ1n) is 11.7. The first kappa shape index (κ1) is 26.2. The van der Waals surface area contributed by atoms with E-state index < -0.39 is 26.0 Å². The first-order valence-corrected chi connectivity index (χ1v) is 16.0. The van der Waals surface area contributed by atoms with Crippen molar-refractivity contribution in [3.05, 3.63) is 41.9 Å². The van der Waals surface area contributed by atoms with E-state index in [1.807, 2.05) is 12.3 Å². The maximum absolute atomic E-state index is 13.4. The third-order valence-corrected chi connectivity index (χ3v) is 9.25. The highest BCUT2D eigenvalue weighted by molar-refractivity contribution is 8.32. The Hall–Kier alpha value is -2.86. The van der Waals surface area contributed by atoms with Gasteiger partial charge >= 0.3 is 0 Å². The van der Waals surface area contributed by atoms with Crippen LogP contribution in [-0.2, 0) is 17.1 Å². The van der Waals surface area contributed by atoms with Crippen LogP contribution >= 0.6 is 10.0 Å². The second-order valence-electron chi connectivity index (χ2n) is 10.9. The molecule has 0 aromatic carbocycles. The van der Waals surface area contributed by atoms with Crippen molar-refractivity contribution in [2.75, 3.05) is 30.2 Å². The summed E-state index contributed by atoms with van der Waals surface area (Å²) in [7, 11) is -3.50. The molecule has 4 rings (SSSR count). The van der Waals surface area contributed by atoms with Crippen LogP contribution in [0.4, 0.5) is 5.82 Å². The molecule has 12 heteroatoms. The lowest BCUT2D eigenvalue weighted by Gasteiger charge is -2.34. The third kappa shape index (κ3) is 5.01. The van der Waals surface area contributed by atoms with E-state index in [-0.39, 0.29) is 16.0 Å². The molecule has 1 aliphatic heterocycles. The van der Waals surface area contributed by atoms with Gasteiger partial charge in [-0.05, 0) is 70.1 Å². The summed E-state index contributed by atoms with van der Waals surface area (Å²) in [5.74, 6) is 0.669. The Morgan fingerprint density at radius 3 is 2.36 bits per heavy atom. The number of aromatic nitrogens is 5. The molecular formula is C24H35N7O3S2. The van der Waals surface area contributed by atoms with Crippen LogP contribution < -0.4 is 9.62 Å². The molecule has 1 saturated heterocycles. The molecule has 3 aromatic rings. The molecule has 0 radical (unpaired) electrons. The van der Waals surface area contributed by atoms with Gasteiger partial charge in [-0.1, -0.05) is 6.92 Å². The Balaban J connectivity index is 1.77. The quantitative estimate of drug-likeness (QED) is 0.518. The predicted molar refractivity (Wildman–Crippen MR) is 143 cm³/mol. The lowest BCUT2D eigenvalue weighted by Crippen LogP contribution is -2.41. The van der Waals surface area contributed by atoms with E-state index in [0.29, 0.717) is 29.8 Å². The van der Waals surface area contributed by atoms with Gasteiger partial charge in [0, 0.05) is 31.5 Å². The van der Waals surface area contributed by atoms with Gasteiger partial charge in [0.15, 0.2) is 5.82 Å². The van der Waals surface area contributed by atoms with Crippen LogP contribution in [0.15, 0.2) is 40.5 Å². The molecule has 3 aromatic heterocycles. The van der Waals surface area contributed by atoms with Crippen LogP contribution in [0.2, 0.25) is 0 Å². The summed E-state index contributed by atoms with van der Waals surface area (Å²) in [6, 6.07) is 5.31. The summed E-state index contributed by atoms with van der Waals surface area (Å²) in [5.41, 5.74) is 0.250. The van der Waals surface area contributed by atoms with Crippen molar-refractivity contribution in [1.29, 1.82) is 0 Å². The zero-order chi connectivity index (χ0) is 26.6. The zero-order valence-corrected chi connectivity index (χ0v) is 23.7. The molecular weight excluding hydrogens is 498 g/mol. The van der Waals surface area contributed by atoms with Crippen molar-refractivity contribution in [1.82, 2.24) is 29.3 Å². The number of carbonyl (C=O) groups excluding carboxylic acids is 1. The largest absolute Gasteiger partial charge is 0.350 e. The lowest BCUT2D eigenvalue weighted by atomic mass is 9.97. The van der Waals surface area contributed by atoms with Gasteiger partial charge in [0.1, 0.15) is 15.7 Å². The van der Waals surface area contributed by atoms with Gasteiger partial charge in [0.25, 0.3) is 15.9 Å². The average molecular weight is 534 g/mol. The maximum atomic E-state index is 13.4. The minimum Gasteiger partial charge on any atom is -0.350 e. The van der Waals surface area contributed by atoms with E-state index in [1.165, 1.54) is 10.9 Å². The third-order valence-electron chi connectivity index (χ3n) is 6.35. The van der Waals surface area contributed by atoms with E-state index >= 15 is 0 Å². The fourth-order valence-corrected chi connectivity index (χ4v) is 6.73. The number of carbonyl (C=O) groups is 1. The summed E-state index contributed by atoms with van der Waals surface area (Å²) in [6.45, 7) is 8.67. The van der Waals surface area contributed by atoms with Gasteiger partial charge in [-0.3, -0.25) is 9.48 Å². The van der Waals surface area contributed by atoms with Gasteiger partial charge in [-0.25, -0.2) is 32.8 Å². The van der Waals surface area contributed by atoms with Crippen molar-refractivity contribution in [3.63, 3.8) is 0 Å².